The van der Waals surface area contributed by atoms with Crippen LogP contribution in [0.25, 0.3) is 81.4 Å². The Morgan fingerprint density at radius 1 is 0.600 bits per heavy atom. The molecule has 0 spiro atoms. The topological polar surface area (TPSA) is 26.8 Å². The molecule has 0 bridgehead atoms. The van der Waals surface area contributed by atoms with Crippen molar-refractivity contribution in [1.29, 1.82) is 0 Å². The smallest absolute Gasteiger partial charge is 0.196 e. The minimum atomic E-state index is -0.106. The van der Waals surface area contributed by atoms with Crippen molar-refractivity contribution < 1.29 is 4.42 Å². The molecule has 9 rings (SSSR count). The van der Waals surface area contributed by atoms with Crippen molar-refractivity contribution >= 4 is 55.1 Å². The lowest BCUT2D eigenvalue weighted by Crippen LogP contribution is -2.14. The summed E-state index contributed by atoms with van der Waals surface area (Å²) < 4.78 is 8.70. The Morgan fingerprint density at radius 3 is 2.27 bits per heavy atom. The van der Waals surface area contributed by atoms with E-state index in [2.05, 4.69) is 94.8 Å². The Kier molecular flexibility index (Phi) is 5.06. The Morgan fingerprint density at radius 2 is 1.40 bits per heavy atom. The van der Waals surface area contributed by atoms with Gasteiger partial charge in [-0.1, -0.05) is 80.6 Å². The summed E-state index contributed by atoms with van der Waals surface area (Å²) in [6.45, 7) is 20.3. The SMILES string of the molecule is [C-]#[N+]c1ccc2c(c1)c1ccccc1n2-c1cccc([N+]#[C-])c1-c1ccc2oc3cc4c(cc3c2c1)-c1ccccc1C4(C)C. The molecule has 210 valence electrons. The number of hydrogen-bond donors (Lipinski definition) is 0. The van der Waals surface area contributed by atoms with Gasteiger partial charge in [-0.05, 0) is 81.7 Å². The quantitative estimate of drug-likeness (QED) is 0.188. The third-order valence-corrected chi connectivity index (χ3v) is 9.63. The molecule has 2 aromatic heterocycles. The van der Waals surface area contributed by atoms with Gasteiger partial charge in [0.1, 0.15) is 11.2 Å². The first kappa shape index (κ1) is 25.4. The van der Waals surface area contributed by atoms with Crippen LogP contribution in [0.1, 0.15) is 25.0 Å². The van der Waals surface area contributed by atoms with E-state index in [1.807, 2.05) is 48.5 Å². The van der Waals surface area contributed by atoms with E-state index in [4.69, 9.17) is 17.6 Å². The predicted molar refractivity (Wildman–Crippen MR) is 184 cm³/mol. The van der Waals surface area contributed by atoms with Crippen LogP contribution in [0.5, 0.6) is 0 Å². The number of furan rings is 1. The van der Waals surface area contributed by atoms with Gasteiger partial charge in [0.25, 0.3) is 0 Å². The highest BCUT2D eigenvalue weighted by molar-refractivity contribution is 6.12. The zero-order chi connectivity index (χ0) is 30.4. The number of rotatable bonds is 2. The summed E-state index contributed by atoms with van der Waals surface area (Å²) in [5.41, 5.74) is 12.7. The van der Waals surface area contributed by atoms with Crippen molar-refractivity contribution in [3.63, 3.8) is 0 Å². The van der Waals surface area contributed by atoms with Gasteiger partial charge >= 0.3 is 0 Å². The molecule has 1 aliphatic carbocycles. The van der Waals surface area contributed by atoms with Gasteiger partial charge in [0.15, 0.2) is 11.4 Å². The average Bonchev–Trinajstić information content (AvgIpc) is 3.68. The summed E-state index contributed by atoms with van der Waals surface area (Å²) in [6.07, 6.45) is 0. The maximum Gasteiger partial charge on any atom is 0.196 e. The van der Waals surface area contributed by atoms with Crippen molar-refractivity contribution in [2.24, 2.45) is 0 Å². The zero-order valence-corrected chi connectivity index (χ0v) is 24.7. The monoisotopic (exact) mass is 575 g/mol. The van der Waals surface area contributed by atoms with Crippen LogP contribution in [0.2, 0.25) is 0 Å². The normalized spacial score (nSPS) is 13.2. The molecule has 0 fully saturated rings. The third kappa shape index (κ3) is 3.40. The fraction of sp³-hybridized carbons (Fsp3) is 0.0732. The molecule has 0 saturated heterocycles. The molecule has 0 N–H and O–H groups in total. The molecule has 0 saturated carbocycles. The molecular formula is C41H25N3O. The van der Waals surface area contributed by atoms with Crippen molar-refractivity contribution in [3.8, 4) is 27.9 Å². The summed E-state index contributed by atoms with van der Waals surface area (Å²) in [6, 6.07) is 39.5. The molecule has 1 aliphatic rings. The zero-order valence-electron chi connectivity index (χ0n) is 24.7. The van der Waals surface area contributed by atoms with Gasteiger partial charge in [0, 0.05) is 32.8 Å². The molecule has 2 heterocycles. The number of benzene rings is 6. The Balaban J connectivity index is 1.32. The molecule has 45 heavy (non-hydrogen) atoms. The van der Waals surface area contributed by atoms with Gasteiger partial charge in [-0.3, -0.25) is 0 Å². The van der Waals surface area contributed by atoms with Crippen molar-refractivity contribution in [2.75, 3.05) is 0 Å². The molecule has 0 aliphatic heterocycles. The number of para-hydroxylation sites is 1. The second kappa shape index (κ2) is 8.96. The standard InChI is InChI=1S/C41H25N3O/c1-41(2)32-12-7-5-10-26(32)28-22-31-30-20-24(16-19-38(30)45-39(31)23-33(28)41)40-34(43-4)13-9-15-37(40)44-35-14-8-6-11-27(35)29-21-25(42-3)17-18-36(29)44/h5-23H,1-2H3. The third-order valence-electron chi connectivity index (χ3n) is 9.63. The van der Waals surface area contributed by atoms with Crippen molar-refractivity contribution in [2.45, 2.75) is 19.3 Å². The molecule has 6 aromatic carbocycles. The maximum atomic E-state index is 8.15. The highest BCUT2D eigenvalue weighted by atomic mass is 16.3. The number of nitrogens with zero attached hydrogens (tertiary/aromatic N) is 3. The Labute approximate surface area is 260 Å². The largest absolute Gasteiger partial charge is 0.456 e. The predicted octanol–water partition coefficient (Wildman–Crippen LogP) is 11.8. The van der Waals surface area contributed by atoms with Gasteiger partial charge < -0.3 is 8.98 Å². The minimum Gasteiger partial charge on any atom is -0.456 e. The molecule has 4 nitrogen and oxygen atoms in total. The van der Waals surface area contributed by atoms with Gasteiger partial charge in [-0.15, -0.1) is 0 Å². The van der Waals surface area contributed by atoms with E-state index in [-0.39, 0.29) is 5.41 Å². The van der Waals surface area contributed by atoms with Gasteiger partial charge in [-0.2, -0.15) is 0 Å². The minimum absolute atomic E-state index is 0.106. The van der Waals surface area contributed by atoms with Crippen LogP contribution in [-0.2, 0) is 5.41 Å². The summed E-state index contributed by atoms with van der Waals surface area (Å²) >= 11 is 0. The maximum absolute atomic E-state index is 8.15. The summed E-state index contributed by atoms with van der Waals surface area (Å²) in [5, 5.41) is 4.20. The molecule has 0 atom stereocenters. The molecular weight excluding hydrogens is 550 g/mol. The first-order chi connectivity index (χ1) is 22.0. The van der Waals surface area contributed by atoms with Gasteiger partial charge in [0.2, 0.25) is 0 Å². The molecule has 8 aromatic rings. The van der Waals surface area contributed by atoms with Crippen molar-refractivity contribution in [1.82, 2.24) is 4.57 Å². The number of aromatic nitrogens is 1. The summed E-state index contributed by atoms with van der Waals surface area (Å²) in [5.74, 6) is 0. The van der Waals surface area contributed by atoms with Crippen LogP contribution in [0, 0.1) is 13.1 Å². The van der Waals surface area contributed by atoms with E-state index in [1.54, 1.807) is 0 Å². The highest BCUT2D eigenvalue weighted by Gasteiger charge is 2.36. The fourth-order valence-corrected chi connectivity index (χ4v) is 7.52. The van der Waals surface area contributed by atoms with Crippen LogP contribution in [0.3, 0.4) is 0 Å². The van der Waals surface area contributed by atoms with Crippen LogP contribution < -0.4 is 0 Å². The molecule has 0 amide bonds. The number of hydrogen-bond acceptors (Lipinski definition) is 1. The Hall–Kier alpha value is -6.10. The van der Waals surface area contributed by atoms with E-state index >= 15 is 0 Å². The second-order valence-electron chi connectivity index (χ2n) is 12.3. The average molecular weight is 576 g/mol. The van der Waals surface area contributed by atoms with Crippen LogP contribution >= 0.6 is 0 Å². The lowest BCUT2D eigenvalue weighted by molar-refractivity contribution is 0.647. The highest BCUT2D eigenvalue weighted by Crippen LogP contribution is 2.51. The molecule has 0 unspecified atom stereocenters. The molecule has 0 radical (unpaired) electrons. The summed E-state index contributed by atoms with van der Waals surface area (Å²) in [7, 11) is 0. The van der Waals surface area contributed by atoms with E-state index in [0.29, 0.717) is 11.4 Å². The first-order valence-corrected chi connectivity index (χ1v) is 15.0. The fourth-order valence-electron chi connectivity index (χ4n) is 7.52. The van der Waals surface area contributed by atoms with E-state index in [1.165, 1.54) is 22.3 Å². The van der Waals surface area contributed by atoms with E-state index < -0.39 is 0 Å². The lowest BCUT2D eigenvalue weighted by atomic mass is 9.82. The second-order valence-corrected chi connectivity index (χ2v) is 12.3. The van der Waals surface area contributed by atoms with Crippen LogP contribution in [-0.4, -0.2) is 4.57 Å². The van der Waals surface area contributed by atoms with Gasteiger partial charge in [0.05, 0.1) is 24.2 Å². The van der Waals surface area contributed by atoms with Crippen molar-refractivity contribution in [3.05, 3.63) is 149 Å². The lowest BCUT2D eigenvalue weighted by Gasteiger charge is -2.21. The van der Waals surface area contributed by atoms with E-state index in [0.717, 1.165) is 60.6 Å². The van der Waals surface area contributed by atoms with Crippen LogP contribution in [0.4, 0.5) is 11.4 Å². The molecule has 4 heteroatoms. The van der Waals surface area contributed by atoms with Gasteiger partial charge in [-0.25, -0.2) is 9.69 Å². The number of fused-ring (bicyclic) bond motifs is 9. The summed E-state index contributed by atoms with van der Waals surface area (Å²) in [4.78, 5) is 7.68. The van der Waals surface area contributed by atoms with E-state index in [9.17, 15) is 0 Å². The first-order valence-electron chi connectivity index (χ1n) is 15.0. The Bertz CT molecular complexity index is 2650. The van der Waals surface area contributed by atoms with Crippen LogP contribution in [0.15, 0.2) is 120 Å².